The number of nitrogens with zero attached hydrogens (tertiary/aromatic N) is 3. The number of ether oxygens (including phenoxy) is 4. The number of aromatic nitrogens is 4. The Morgan fingerprint density at radius 3 is 2.18 bits per heavy atom. The largest absolute Gasteiger partial charge is 0.801 e. The molecule has 268 valence electrons. The van der Waals surface area contributed by atoms with Gasteiger partial charge >= 0.3 is 0 Å². The molecule has 3 heterocycles. The van der Waals surface area contributed by atoms with Gasteiger partial charge in [0.05, 0.1) is 33.3 Å². The van der Waals surface area contributed by atoms with Gasteiger partial charge in [0.2, 0.25) is 11.9 Å². The molecule has 13 nitrogen and oxygen atoms in total. The molecule has 4 atom stereocenters. The zero-order valence-corrected chi connectivity index (χ0v) is 30.5. The van der Waals surface area contributed by atoms with Crippen LogP contribution in [0.25, 0.3) is 11.2 Å². The number of imidazole rings is 1. The lowest BCUT2D eigenvalue weighted by Gasteiger charge is -2.38. The van der Waals surface area contributed by atoms with Gasteiger partial charge in [-0.1, -0.05) is 80.3 Å². The van der Waals surface area contributed by atoms with E-state index in [1.807, 2.05) is 78.9 Å². The third-order valence-corrected chi connectivity index (χ3v) is 9.57. The second-order valence-electron chi connectivity index (χ2n) is 12.5. The third-order valence-electron chi connectivity index (χ3n) is 8.65. The number of carbonyl (C=O) groups is 1. The van der Waals surface area contributed by atoms with E-state index < -0.39 is 36.1 Å². The number of H-pyrrole nitrogens is 1. The Hall–Kier alpha value is -4.43. The molecule has 5 aromatic rings. The average molecular weight is 733 g/mol. The fourth-order valence-electron chi connectivity index (χ4n) is 6.12. The van der Waals surface area contributed by atoms with Gasteiger partial charge in [-0.2, -0.15) is 4.98 Å². The Kier molecular flexibility index (Phi) is 10.7. The number of hydrogen-bond acceptors (Lipinski definition) is 11. The van der Waals surface area contributed by atoms with Gasteiger partial charge in [-0.3, -0.25) is 24.5 Å². The van der Waals surface area contributed by atoms with E-state index in [-0.39, 0.29) is 42.0 Å². The van der Waals surface area contributed by atoms with Crippen LogP contribution in [-0.2, 0) is 36.2 Å². The molecule has 1 aliphatic rings. The number of aromatic amines is 1. The van der Waals surface area contributed by atoms with Crippen molar-refractivity contribution >= 4 is 41.3 Å². The Morgan fingerprint density at radius 1 is 1.04 bits per heavy atom. The number of methoxy groups -OCH3 is 2. The van der Waals surface area contributed by atoms with Crippen LogP contribution >= 0.6 is 6.49 Å². The lowest BCUT2D eigenvalue weighted by atomic mass is 9.80. The van der Waals surface area contributed by atoms with E-state index in [0.717, 1.165) is 16.7 Å². The first-order valence-electron chi connectivity index (χ1n) is 16.3. The summed E-state index contributed by atoms with van der Waals surface area (Å²) in [5, 5.41) is 2.63. The smallest absolute Gasteiger partial charge is 0.280 e. The van der Waals surface area contributed by atoms with Gasteiger partial charge < -0.3 is 28.4 Å². The topological polar surface area (TPSA) is 162 Å². The van der Waals surface area contributed by atoms with Gasteiger partial charge in [0.15, 0.2) is 11.2 Å². The summed E-state index contributed by atoms with van der Waals surface area (Å²) in [5.41, 5.74) is 1.04. The maximum absolute atomic E-state index is 12.9. The van der Waals surface area contributed by atoms with Crippen molar-refractivity contribution in [2.75, 3.05) is 32.8 Å². The summed E-state index contributed by atoms with van der Waals surface area (Å²) in [6, 6.07) is 25.1. The molecule has 15 heteroatoms. The highest BCUT2D eigenvalue weighted by atomic mass is 32.5. The Bertz CT molecular complexity index is 2040. The molecule has 1 unspecified atom stereocenters. The number of anilines is 1. The van der Waals surface area contributed by atoms with E-state index in [0.29, 0.717) is 11.5 Å². The van der Waals surface area contributed by atoms with Crippen molar-refractivity contribution in [3.63, 3.8) is 0 Å². The van der Waals surface area contributed by atoms with E-state index in [2.05, 4.69) is 20.3 Å². The maximum atomic E-state index is 12.9. The second kappa shape index (κ2) is 15.0. The van der Waals surface area contributed by atoms with Gasteiger partial charge in [-0.15, -0.1) is 0 Å². The molecule has 51 heavy (non-hydrogen) atoms. The molecule has 3 aromatic carbocycles. The van der Waals surface area contributed by atoms with E-state index >= 15 is 0 Å². The second-order valence-corrected chi connectivity index (χ2v) is 16.2. The van der Waals surface area contributed by atoms with Gasteiger partial charge in [-0.25, -0.2) is 4.98 Å². The molecule has 1 saturated heterocycles. The lowest BCUT2D eigenvalue weighted by Crippen LogP contribution is -2.38. The van der Waals surface area contributed by atoms with E-state index in [1.54, 1.807) is 32.6 Å². The van der Waals surface area contributed by atoms with Crippen LogP contribution in [0.2, 0.25) is 0 Å². The maximum Gasteiger partial charge on any atom is 0.280 e. The van der Waals surface area contributed by atoms with E-state index in [9.17, 15) is 14.5 Å². The highest BCUT2D eigenvalue weighted by Gasteiger charge is 2.43. The summed E-state index contributed by atoms with van der Waals surface area (Å²) in [6.07, 6.45) is -0.659. The summed E-state index contributed by atoms with van der Waals surface area (Å²) < 4.78 is 32.1. The van der Waals surface area contributed by atoms with Crippen LogP contribution in [-0.4, -0.2) is 65.1 Å². The minimum absolute atomic E-state index is 0.0196. The van der Waals surface area contributed by atoms with Crippen LogP contribution in [0.15, 0.2) is 90.0 Å². The lowest BCUT2D eigenvalue weighted by molar-refractivity contribution is -0.187. The van der Waals surface area contributed by atoms with E-state index in [4.69, 9.17) is 35.3 Å². The molecule has 6 rings (SSSR count). The first-order chi connectivity index (χ1) is 24.4. The van der Waals surface area contributed by atoms with Crippen molar-refractivity contribution in [1.29, 1.82) is 0 Å². The average Bonchev–Trinajstić information content (AvgIpc) is 3.72. The van der Waals surface area contributed by atoms with Crippen molar-refractivity contribution in [3.05, 3.63) is 112 Å². The molecule has 1 aliphatic heterocycles. The molecule has 2 aromatic heterocycles. The van der Waals surface area contributed by atoms with Crippen LogP contribution < -0.4 is 25.2 Å². The van der Waals surface area contributed by atoms with Gasteiger partial charge in [-0.05, 0) is 54.1 Å². The molecule has 0 radical (unpaired) electrons. The third kappa shape index (κ3) is 7.76. The summed E-state index contributed by atoms with van der Waals surface area (Å²) in [7, 11) is 3.22. The molecule has 0 aliphatic carbocycles. The molecule has 0 spiro atoms. The number of nitrogens with one attached hydrogen (secondary N) is 2. The number of fused-ring (bicyclic) bond motifs is 1. The van der Waals surface area contributed by atoms with Crippen LogP contribution in [0.5, 0.6) is 11.5 Å². The van der Waals surface area contributed by atoms with Gasteiger partial charge in [0.25, 0.3) is 5.56 Å². The van der Waals surface area contributed by atoms with Crippen LogP contribution in [0.3, 0.4) is 0 Å². The highest BCUT2D eigenvalue weighted by molar-refractivity contribution is 8.08. The van der Waals surface area contributed by atoms with Crippen LogP contribution in [0.4, 0.5) is 5.95 Å². The first-order valence-corrected chi connectivity index (χ1v) is 19.4. The molecule has 2 N–H and O–H groups in total. The van der Waals surface area contributed by atoms with E-state index in [1.165, 1.54) is 13.0 Å². The Morgan fingerprint density at radius 2 is 1.63 bits per heavy atom. The highest BCUT2D eigenvalue weighted by Crippen LogP contribution is 2.45. The molecular formula is C36H39N5O8PS-. The number of rotatable bonds is 13. The fraction of sp³-hybridized carbons (Fsp3) is 0.333. The molecular weight excluding hydrogens is 693 g/mol. The van der Waals surface area contributed by atoms with Crippen molar-refractivity contribution in [2.24, 2.45) is 5.92 Å². The SMILES string of the molecule is COc1ccc(C(OC[C@H]2O[C@@H](n3cnc4c(=O)[nH]c(NC(=O)C(C)C)nc43)C[C@@H]2OP(C)([O-])=S)(c2ccccc2)c2ccc(OC)cc2)cc1. The van der Waals surface area contributed by atoms with Gasteiger partial charge in [0.1, 0.15) is 29.4 Å². The summed E-state index contributed by atoms with van der Waals surface area (Å²) >= 11 is 5.22. The molecule has 1 amide bonds. The van der Waals surface area contributed by atoms with Crippen molar-refractivity contribution < 1.29 is 33.2 Å². The summed E-state index contributed by atoms with van der Waals surface area (Å²) in [4.78, 5) is 49.5. The van der Waals surface area contributed by atoms with Crippen molar-refractivity contribution in [1.82, 2.24) is 19.5 Å². The first kappa shape index (κ1) is 36.4. The Labute approximate surface area is 300 Å². The molecule has 0 bridgehead atoms. The fourth-order valence-corrected chi connectivity index (χ4v) is 7.16. The standard InChI is InChI=1S/C36H40N5O8PS/c1-22(2)33(42)39-35-38-32-31(34(43)40-35)37-21-41(32)30-19-28(49-50(5,44)51)29(48-30)20-47-36(23-9-7-6-8-10-23,24-11-15-26(45-3)16-12-24)25-13-17-27(46-4)18-14-25/h6-18,21-22,28-30H,19-20H2,1-5H3,(H,44,51)(H2,38,39,40,42,43)/p-1/t28-,29+,30+,50?/m0/s1. The minimum atomic E-state index is -3.42. The number of benzene rings is 3. The summed E-state index contributed by atoms with van der Waals surface area (Å²) in [5.74, 6) is 0.693. The number of carbonyl (C=O) groups excluding carboxylic acids is 1. The monoisotopic (exact) mass is 732 g/mol. The number of hydrogen-bond donors (Lipinski definition) is 2. The number of amides is 1. The Balaban J connectivity index is 1.40. The van der Waals surface area contributed by atoms with Crippen molar-refractivity contribution in [3.8, 4) is 11.5 Å². The van der Waals surface area contributed by atoms with Crippen LogP contribution in [0.1, 0.15) is 43.2 Å². The minimum Gasteiger partial charge on any atom is -0.801 e. The molecule has 1 fully saturated rings. The molecule has 0 saturated carbocycles. The quantitative estimate of drug-likeness (QED) is 0.127. The normalized spacial score (nSPS) is 18.8. The van der Waals surface area contributed by atoms with Crippen LogP contribution in [0, 0.1) is 5.92 Å². The summed E-state index contributed by atoms with van der Waals surface area (Å²) in [6.45, 7) is 1.37. The van der Waals surface area contributed by atoms with Crippen molar-refractivity contribution in [2.45, 2.75) is 44.3 Å². The zero-order valence-electron chi connectivity index (χ0n) is 28.8. The predicted octanol–water partition coefficient (Wildman–Crippen LogP) is 4.71. The zero-order chi connectivity index (χ0) is 36.3. The van der Waals surface area contributed by atoms with Gasteiger partial charge in [0, 0.05) is 12.3 Å². The predicted molar refractivity (Wildman–Crippen MR) is 193 cm³/mol.